The molecule has 0 saturated heterocycles. The monoisotopic (exact) mass is 236 g/mol. The Morgan fingerprint density at radius 2 is 2.33 bits per heavy atom. The Kier molecular flexibility index (Phi) is 2.98. The summed E-state index contributed by atoms with van der Waals surface area (Å²) in [6.07, 6.45) is 1.75. The highest BCUT2D eigenvalue weighted by Gasteiger charge is 2.03. The fourth-order valence-electron chi connectivity index (χ4n) is 0.972. The number of aromatic nitrogens is 2. The van der Waals surface area contributed by atoms with Gasteiger partial charge in [0, 0.05) is 11.6 Å². The summed E-state index contributed by atoms with van der Waals surface area (Å²) in [6, 6.07) is 5.42. The normalized spacial score (nSPS) is 10.1. The molecule has 15 heavy (non-hydrogen) atoms. The molecule has 0 unspecified atom stereocenters. The SMILES string of the molecule is N=C(N)c1cccc(Sc2nccs2)n1. The minimum absolute atomic E-state index is 0.0170. The van der Waals surface area contributed by atoms with E-state index in [4.69, 9.17) is 11.1 Å². The third kappa shape index (κ3) is 2.54. The maximum atomic E-state index is 7.27. The number of amidine groups is 1. The van der Waals surface area contributed by atoms with Gasteiger partial charge in [-0.3, -0.25) is 5.41 Å². The molecule has 0 aliphatic heterocycles. The Morgan fingerprint density at radius 3 is 3.00 bits per heavy atom. The van der Waals surface area contributed by atoms with Gasteiger partial charge in [0.1, 0.15) is 16.6 Å². The zero-order valence-electron chi connectivity index (χ0n) is 7.68. The summed E-state index contributed by atoms with van der Waals surface area (Å²) in [4.78, 5) is 8.37. The van der Waals surface area contributed by atoms with Crippen LogP contribution in [0.2, 0.25) is 0 Å². The van der Waals surface area contributed by atoms with Crippen molar-refractivity contribution in [1.82, 2.24) is 9.97 Å². The van der Waals surface area contributed by atoms with E-state index in [9.17, 15) is 0 Å². The van der Waals surface area contributed by atoms with Gasteiger partial charge in [0.15, 0.2) is 4.34 Å². The molecule has 0 amide bonds. The maximum absolute atomic E-state index is 7.27. The van der Waals surface area contributed by atoms with Gasteiger partial charge in [0.05, 0.1) is 0 Å². The molecule has 2 aromatic rings. The minimum Gasteiger partial charge on any atom is -0.382 e. The van der Waals surface area contributed by atoms with Crippen LogP contribution in [0.3, 0.4) is 0 Å². The Hall–Kier alpha value is -1.40. The second kappa shape index (κ2) is 4.41. The van der Waals surface area contributed by atoms with Crippen molar-refractivity contribution in [2.45, 2.75) is 9.37 Å². The first-order valence-corrected chi connectivity index (χ1v) is 5.84. The summed E-state index contributed by atoms with van der Waals surface area (Å²) in [7, 11) is 0. The summed E-state index contributed by atoms with van der Waals surface area (Å²) in [6.45, 7) is 0. The number of pyridine rings is 1. The molecular formula is C9H8N4S2. The van der Waals surface area contributed by atoms with Crippen molar-refractivity contribution in [2.24, 2.45) is 5.73 Å². The minimum atomic E-state index is -0.0170. The molecule has 76 valence electrons. The predicted molar refractivity (Wildman–Crippen MR) is 61.5 cm³/mol. The van der Waals surface area contributed by atoms with Crippen molar-refractivity contribution in [3.8, 4) is 0 Å². The van der Waals surface area contributed by atoms with Crippen molar-refractivity contribution < 1.29 is 0 Å². The zero-order chi connectivity index (χ0) is 10.7. The topological polar surface area (TPSA) is 75.7 Å². The standard InChI is InChI=1S/C9H8N4S2/c10-8(11)6-2-1-3-7(13-6)15-9-12-4-5-14-9/h1-5H,(H3,10,11). The highest BCUT2D eigenvalue weighted by molar-refractivity contribution is 8.00. The van der Waals surface area contributed by atoms with Crippen LogP contribution in [0.25, 0.3) is 0 Å². The van der Waals surface area contributed by atoms with E-state index in [1.54, 1.807) is 23.6 Å². The third-order valence-electron chi connectivity index (χ3n) is 1.60. The molecule has 6 heteroatoms. The van der Waals surface area contributed by atoms with Crippen LogP contribution in [0.15, 0.2) is 39.1 Å². The number of hydrogen-bond acceptors (Lipinski definition) is 5. The molecule has 0 fully saturated rings. The summed E-state index contributed by atoms with van der Waals surface area (Å²) in [5.74, 6) is -0.0170. The third-order valence-corrected chi connectivity index (χ3v) is 3.42. The molecule has 0 aliphatic carbocycles. The van der Waals surface area contributed by atoms with E-state index in [1.165, 1.54) is 11.8 Å². The van der Waals surface area contributed by atoms with Crippen LogP contribution in [-0.2, 0) is 0 Å². The highest BCUT2D eigenvalue weighted by Crippen LogP contribution is 2.27. The molecular weight excluding hydrogens is 228 g/mol. The largest absolute Gasteiger partial charge is 0.382 e. The van der Waals surface area contributed by atoms with E-state index in [-0.39, 0.29) is 5.84 Å². The Bertz CT molecular complexity index is 467. The van der Waals surface area contributed by atoms with Crippen LogP contribution in [-0.4, -0.2) is 15.8 Å². The number of thiazole rings is 1. The first-order chi connectivity index (χ1) is 7.25. The predicted octanol–water partition coefficient (Wildman–Crippen LogP) is 1.97. The van der Waals surface area contributed by atoms with Crippen LogP contribution >= 0.6 is 23.1 Å². The summed E-state index contributed by atoms with van der Waals surface area (Å²) in [5.41, 5.74) is 5.85. The number of rotatable bonds is 3. The molecule has 0 radical (unpaired) electrons. The second-order valence-corrected chi connectivity index (χ2v) is 4.84. The van der Waals surface area contributed by atoms with E-state index >= 15 is 0 Å². The van der Waals surface area contributed by atoms with Gasteiger partial charge in [-0.25, -0.2) is 9.97 Å². The van der Waals surface area contributed by atoms with Gasteiger partial charge in [0.25, 0.3) is 0 Å². The van der Waals surface area contributed by atoms with Crippen LogP contribution in [0.4, 0.5) is 0 Å². The average molecular weight is 236 g/mol. The molecule has 0 saturated carbocycles. The van der Waals surface area contributed by atoms with E-state index in [0.717, 1.165) is 9.37 Å². The van der Waals surface area contributed by atoms with E-state index in [0.29, 0.717) is 5.69 Å². The molecule has 3 N–H and O–H groups in total. The zero-order valence-corrected chi connectivity index (χ0v) is 9.31. The quantitative estimate of drug-likeness (QED) is 0.631. The molecule has 0 aromatic carbocycles. The molecule has 2 aromatic heterocycles. The van der Waals surface area contributed by atoms with Gasteiger partial charge in [-0.15, -0.1) is 11.3 Å². The van der Waals surface area contributed by atoms with Crippen molar-refractivity contribution in [1.29, 1.82) is 5.41 Å². The second-order valence-electron chi connectivity index (χ2n) is 2.67. The number of nitrogen functional groups attached to an aromatic ring is 1. The van der Waals surface area contributed by atoms with Crippen molar-refractivity contribution >= 4 is 28.9 Å². The van der Waals surface area contributed by atoms with Crippen molar-refractivity contribution in [2.75, 3.05) is 0 Å². The fourth-order valence-corrected chi connectivity index (χ4v) is 2.53. The Labute approximate surface area is 95.1 Å². The summed E-state index contributed by atoms with van der Waals surface area (Å²) < 4.78 is 0.934. The lowest BCUT2D eigenvalue weighted by molar-refractivity contribution is 1.10. The number of nitrogens with zero attached hydrogens (tertiary/aromatic N) is 2. The van der Waals surface area contributed by atoms with Crippen molar-refractivity contribution in [3.05, 3.63) is 35.5 Å². The van der Waals surface area contributed by atoms with E-state index < -0.39 is 0 Å². The molecule has 0 atom stereocenters. The van der Waals surface area contributed by atoms with Crippen LogP contribution in [0.5, 0.6) is 0 Å². The Balaban J connectivity index is 2.22. The maximum Gasteiger partial charge on any atom is 0.156 e. The number of nitrogens with one attached hydrogen (secondary N) is 1. The van der Waals surface area contributed by atoms with Gasteiger partial charge < -0.3 is 5.73 Å². The summed E-state index contributed by atoms with van der Waals surface area (Å²) >= 11 is 3.03. The van der Waals surface area contributed by atoms with Crippen molar-refractivity contribution in [3.63, 3.8) is 0 Å². The lowest BCUT2D eigenvalue weighted by Crippen LogP contribution is -2.12. The first kappa shape index (κ1) is 10.1. The van der Waals surface area contributed by atoms with Gasteiger partial charge in [-0.2, -0.15) is 0 Å². The number of hydrogen-bond donors (Lipinski definition) is 2. The number of nitrogens with two attached hydrogens (primary N) is 1. The lowest BCUT2D eigenvalue weighted by atomic mass is 10.3. The van der Waals surface area contributed by atoms with Crippen LogP contribution < -0.4 is 5.73 Å². The van der Waals surface area contributed by atoms with Gasteiger partial charge in [-0.05, 0) is 23.9 Å². The van der Waals surface area contributed by atoms with E-state index in [1.807, 2.05) is 17.5 Å². The molecule has 0 aliphatic rings. The lowest BCUT2D eigenvalue weighted by Gasteiger charge is -2.00. The fraction of sp³-hybridized carbons (Fsp3) is 0. The van der Waals surface area contributed by atoms with Gasteiger partial charge in [0.2, 0.25) is 0 Å². The van der Waals surface area contributed by atoms with Crippen LogP contribution in [0.1, 0.15) is 5.69 Å². The summed E-state index contributed by atoms with van der Waals surface area (Å²) in [5, 5.41) is 9.99. The molecule has 4 nitrogen and oxygen atoms in total. The van der Waals surface area contributed by atoms with Crippen LogP contribution in [0, 0.1) is 5.41 Å². The van der Waals surface area contributed by atoms with E-state index in [2.05, 4.69) is 9.97 Å². The smallest absolute Gasteiger partial charge is 0.156 e. The highest BCUT2D eigenvalue weighted by atomic mass is 32.2. The molecule has 0 bridgehead atoms. The van der Waals surface area contributed by atoms with Gasteiger partial charge >= 0.3 is 0 Å². The molecule has 2 rings (SSSR count). The first-order valence-electron chi connectivity index (χ1n) is 4.14. The Morgan fingerprint density at radius 1 is 1.47 bits per heavy atom. The average Bonchev–Trinajstić information content (AvgIpc) is 2.71. The van der Waals surface area contributed by atoms with Gasteiger partial charge in [-0.1, -0.05) is 6.07 Å². The molecule has 0 spiro atoms. The molecule has 2 heterocycles.